The van der Waals surface area contributed by atoms with Crippen LogP contribution in [0.3, 0.4) is 0 Å². The van der Waals surface area contributed by atoms with Gasteiger partial charge in [-0.2, -0.15) is 0 Å². The van der Waals surface area contributed by atoms with Crippen molar-refractivity contribution in [1.82, 2.24) is 4.98 Å². The number of hydrogen-bond donors (Lipinski definition) is 0. The number of esters is 1. The number of aryl methyl sites for hydroxylation is 1. The molecule has 0 amide bonds. The lowest BCUT2D eigenvalue weighted by molar-refractivity contribution is 0.0526. The molecule has 0 saturated heterocycles. The van der Waals surface area contributed by atoms with Crippen molar-refractivity contribution in [3.63, 3.8) is 0 Å². The van der Waals surface area contributed by atoms with Crippen molar-refractivity contribution in [2.45, 2.75) is 13.8 Å². The molecule has 0 bridgehead atoms. The predicted octanol–water partition coefficient (Wildman–Crippen LogP) is 3.36. The molecule has 0 spiro atoms. The van der Waals surface area contributed by atoms with Crippen LogP contribution in [0.4, 0.5) is 0 Å². The van der Waals surface area contributed by atoms with Gasteiger partial charge in [0.2, 0.25) is 5.88 Å². The predicted molar refractivity (Wildman–Crippen MR) is 71.4 cm³/mol. The van der Waals surface area contributed by atoms with E-state index in [1.54, 1.807) is 37.4 Å². The number of ether oxygens (including phenoxy) is 2. The summed E-state index contributed by atoms with van der Waals surface area (Å²) in [6.07, 6.45) is 1.68. The van der Waals surface area contributed by atoms with Crippen LogP contribution >= 0.6 is 0 Å². The lowest BCUT2D eigenvalue weighted by Crippen LogP contribution is -2.04. The molecule has 0 unspecified atom stereocenters. The van der Waals surface area contributed by atoms with Crippen LogP contribution in [0, 0.1) is 6.92 Å². The molecule has 4 heteroatoms. The summed E-state index contributed by atoms with van der Waals surface area (Å²) in [6.45, 7) is 4.07. The highest BCUT2D eigenvalue weighted by Crippen LogP contribution is 2.22. The third-order valence-electron chi connectivity index (χ3n) is 2.54. The fourth-order valence-electron chi connectivity index (χ4n) is 1.56. The summed E-state index contributed by atoms with van der Waals surface area (Å²) in [4.78, 5) is 15.6. The molecule has 19 heavy (non-hydrogen) atoms. The Morgan fingerprint density at radius 1 is 1.21 bits per heavy atom. The van der Waals surface area contributed by atoms with Crippen molar-refractivity contribution >= 4 is 5.97 Å². The Hall–Kier alpha value is -2.36. The van der Waals surface area contributed by atoms with Gasteiger partial charge >= 0.3 is 5.97 Å². The Labute approximate surface area is 112 Å². The van der Waals surface area contributed by atoms with E-state index in [0.717, 1.165) is 5.56 Å². The molecule has 0 aliphatic rings. The van der Waals surface area contributed by atoms with E-state index >= 15 is 0 Å². The average molecular weight is 257 g/mol. The molecule has 2 rings (SSSR count). The Morgan fingerprint density at radius 3 is 2.58 bits per heavy atom. The minimum absolute atomic E-state index is 0.330. The zero-order valence-electron chi connectivity index (χ0n) is 10.9. The summed E-state index contributed by atoms with van der Waals surface area (Å²) >= 11 is 0. The summed E-state index contributed by atoms with van der Waals surface area (Å²) in [7, 11) is 0. The Bertz CT molecular complexity index is 564. The molecule has 0 saturated carbocycles. The first-order chi connectivity index (χ1) is 9.20. The van der Waals surface area contributed by atoms with Crippen molar-refractivity contribution in [3.8, 4) is 11.6 Å². The second kappa shape index (κ2) is 6.00. The quantitative estimate of drug-likeness (QED) is 0.788. The zero-order chi connectivity index (χ0) is 13.7. The van der Waals surface area contributed by atoms with Gasteiger partial charge in [-0.25, -0.2) is 9.78 Å². The fourth-order valence-corrected chi connectivity index (χ4v) is 1.56. The molecule has 0 aliphatic carbocycles. The second-order valence-corrected chi connectivity index (χ2v) is 3.97. The van der Waals surface area contributed by atoms with Gasteiger partial charge in [0.05, 0.1) is 12.2 Å². The largest absolute Gasteiger partial charge is 0.462 e. The van der Waals surface area contributed by atoms with Crippen LogP contribution in [0.5, 0.6) is 11.6 Å². The van der Waals surface area contributed by atoms with Crippen LogP contribution in [-0.4, -0.2) is 17.6 Å². The molecule has 0 aliphatic heterocycles. The van der Waals surface area contributed by atoms with Crippen LogP contribution in [0.25, 0.3) is 0 Å². The zero-order valence-corrected chi connectivity index (χ0v) is 10.9. The maximum atomic E-state index is 11.5. The van der Waals surface area contributed by atoms with Crippen LogP contribution in [0.2, 0.25) is 0 Å². The third-order valence-corrected chi connectivity index (χ3v) is 2.54. The van der Waals surface area contributed by atoms with Gasteiger partial charge in [-0.3, -0.25) is 0 Å². The highest BCUT2D eigenvalue weighted by molar-refractivity contribution is 5.89. The number of rotatable bonds is 4. The first-order valence-corrected chi connectivity index (χ1v) is 6.07. The molecule has 0 atom stereocenters. The average Bonchev–Trinajstić information content (AvgIpc) is 2.42. The highest BCUT2D eigenvalue weighted by Gasteiger charge is 2.07. The number of nitrogens with zero attached hydrogens (tertiary/aromatic N) is 1. The van der Waals surface area contributed by atoms with Gasteiger partial charge in [0.15, 0.2) is 0 Å². The van der Waals surface area contributed by atoms with E-state index in [-0.39, 0.29) is 5.97 Å². The maximum absolute atomic E-state index is 11.5. The lowest BCUT2D eigenvalue weighted by Gasteiger charge is -2.07. The summed E-state index contributed by atoms with van der Waals surface area (Å²) in [5.41, 5.74) is 1.46. The second-order valence-electron chi connectivity index (χ2n) is 3.97. The Kier molecular flexibility index (Phi) is 4.13. The van der Waals surface area contributed by atoms with Gasteiger partial charge in [-0.05, 0) is 44.2 Å². The first kappa shape index (κ1) is 13.1. The maximum Gasteiger partial charge on any atom is 0.338 e. The van der Waals surface area contributed by atoms with E-state index in [1.807, 2.05) is 19.1 Å². The third kappa shape index (κ3) is 3.31. The first-order valence-electron chi connectivity index (χ1n) is 6.07. The van der Waals surface area contributed by atoms with Gasteiger partial charge in [0.25, 0.3) is 0 Å². The van der Waals surface area contributed by atoms with Crippen LogP contribution in [-0.2, 0) is 4.74 Å². The number of hydrogen-bond acceptors (Lipinski definition) is 4. The molecule has 98 valence electrons. The smallest absolute Gasteiger partial charge is 0.338 e. The van der Waals surface area contributed by atoms with Crippen LogP contribution in [0.1, 0.15) is 22.8 Å². The van der Waals surface area contributed by atoms with E-state index < -0.39 is 0 Å². The molecule has 1 aromatic carbocycles. The molecule has 0 N–H and O–H groups in total. The van der Waals surface area contributed by atoms with E-state index in [9.17, 15) is 4.79 Å². The molecule has 0 radical (unpaired) electrons. The fraction of sp³-hybridized carbons (Fsp3) is 0.200. The molecular weight excluding hydrogens is 242 g/mol. The molecule has 4 nitrogen and oxygen atoms in total. The van der Waals surface area contributed by atoms with Crippen LogP contribution in [0.15, 0.2) is 42.6 Å². The topological polar surface area (TPSA) is 48.4 Å². The van der Waals surface area contributed by atoms with Gasteiger partial charge in [0, 0.05) is 11.8 Å². The Morgan fingerprint density at radius 2 is 1.95 bits per heavy atom. The number of aromatic nitrogens is 1. The van der Waals surface area contributed by atoms with E-state index in [4.69, 9.17) is 9.47 Å². The minimum Gasteiger partial charge on any atom is -0.462 e. The number of carbonyl (C=O) groups is 1. The Balaban J connectivity index is 2.11. The van der Waals surface area contributed by atoms with Gasteiger partial charge in [-0.15, -0.1) is 0 Å². The van der Waals surface area contributed by atoms with Gasteiger partial charge < -0.3 is 9.47 Å². The monoisotopic (exact) mass is 257 g/mol. The number of benzene rings is 1. The molecule has 0 fully saturated rings. The van der Waals surface area contributed by atoms with E-state index in [2.05, 4.69) is 4.98 Å². The number of pyridine rings is 1. The summed E-state index contributed by atoms with van der Waals surface area (Å²) in [5, 5.41) is 0. The molecule has 1 aromatic heterocycles. The van der Waals surface area contributed by atoms with E-state index in [0.29, 0.717) is 23.8 Å². The molecule has 2 aromatic rings. The van der Waals surface area contributed by atoms with Crippen molar-refractivity contribution in [1.29, 1.82) is 0 Å². The standard InChI is InChI=1S/C15H15NO3/c1-3-18-15(17)12-6-8-13(9-7-12)19-14-11(2)5-4-10-16-14/h4-10H,3H2,1-2H3. The normalized spacial score (nSPS) is 10.0. The van der Waals surface area contributed by atoms with Crippen molar-refractivity contribution in [2.75, 3.05) is 6.61 Å². The van der Waals surface area contributed by atoms with Gasteiger partial charge in [0.1, 0.15) is 5.75 Å². The van der Waals surface area contributed by atoms with Crippen molar-refractivity contribution in [2.24, 2.45) is 0 Å². The number of carbonyl (C=O) groups excluding carboxylic acids is 1. The van der Waals surface area contributed by atoms with Crippen molar-refractivity contribution in [3.05, 3.63) is 53.7 Å². The van der Waals surface area contributed by atoms with Crippen LogP contribution < -0.4 is 4.74 Å². The minimum atomic E-state index is -0.330. The van der Waals surface area contributed by atoms with E-state index in [1.165, 1.54) is 0 Å². The van der Waals surface area contributed by atoms with Gasteiger partial charge in [-0.1, -0.05) is 6.07 Å². The summed E-state index contributed by atoms with van der Waals surface area (Å²) < 4.78 is 10.6. The SMILES string of the molecule is CCOC(=O)c1ccc(Oc2ncccc2C)cc1. The van der Waals surface area contributed by atoms with Crippen molar-refractivity contribution < 1.29 is 14.3 Å². The highest BCUT2D eigenvalue weighted by atomic mass is 16.5. The lowest BCUT2D eigenvalue weighted by atomic mass is 10.2. The molecule has 1 heterocycles. The summed E-state index contributed by atoms with van der Waals surface area (Å²) in [5.74, 6) is 0.865. The summed E-state index contributed by atoms with van der Waals surface area (Å²) in [6, 6.07) is 10.6. The molecular formula is C15H15NO3.